The first-order valence-corrected chi connectivity index (χ1v) is 9.46. The minimum Gasteiger partial charge on any atom is -0.324 e. The maximum absolute atomic E-state index is 13.3. The van der Waals surface area contributed by atoms with Gasteiger partial charge in [0.05, 0.1) is 5.92 Å². The molecule has 1 saturated heterocycles. The molecule has 2 fully saturated rings. The Labute approximate surface area is 149 Å². The van der Waals surface area contributed by atoms with E-state index in [-0.39, 0.29) is 25.5 Å². The SMILES string of the molecule is CC(C)Cc1nnc(NC(=O)N2CC[C@@H](C(F)(F)F)C3(CCC3)C2)s1. The van der Waals surface area contributed by atoms with Crippen molar-refractivity contribution in [2.45, 2.75) is 52.1 Å². The standard InChI is InChI=1S/C16H23F3N4OS/c1-10(2)8-12-21-22-13(25-12)20-14(24)23-7-4-11(16(17,18)19)15(9-23)5-3-6-15/h10-11H,3-9H2,1-2H3,(H,20,22,24)/t11-/m1/s1. The third-order valence-corrected chi connectivity index (χ3v) is 6.09. The zero-order valence-corrected chi connectivity index (χ0v) is 15.2. The van der Waals surface area contributed by atoms with Crippen LogP contribution in [-0.2, 0) is 6.42 Å². The van der Waals surface area contributed by atoms with Gasteiger partial charge in [-0.05, 0) is 30.6 Å². The smallest absolute Gasteiger partial charge is 0.324 e. The van der Waals surface area contributed by atoms with E-state index in [1.54, 1.807) is 0 Å². The van der Waals surface area contributed by atoms with Gasteiger partial charge in [0.25, 0.3) is 0 Å². The van der Waals surface area contributed by atoms with Gasteiger partial charge in [0.1, 0.15) is 5.01 Å². The van der Waals surface area contributed by atoms with Gasteiger partial charge < -0.3 is 4.90 Å². The Bertz CT molecular complexity index is 627. The number of likely N-dealkylation sites (tertiary alicyclic amines) is 1. The molecule has 1 atom stereocenters. The van der Waals surface area contributed by atoms with Crippen molar-refractivity contribution in [3.63, 3.8) is 0 Å². The van der Waals surface area contributed by atoms with E-state index in [1.165, 1.54) is 16.2 Å². The molecule has 1 saturated carbocycles. The quantitative estimate of drug-likeness (QED) is 0.855. The number of nitrogens with one attached hydrogen (secondary N) is 1. The summed E-state index contributed by atoms with van der Waals surface area (Å²) in [5, 5.41) is 11.9. The molecule has 2 heterocycles. The summed E-state index contributed by atoms with van der Waals surface area (Å²) in [5.74, 6) is -0.853. The normalized spacial score (nSPS) is 23.0. The lowest BCUT2D eigenvalue weighted by atomic mass is 9.58. The van der Waals surface area contributed by atoms with Crippen LogP contribution in [0.25, 0.3) is 0 Å². The van der Waals surface area contributed by atoms with E-state index in [9.17, 15) is 18.0 Å². The molecule has 2 aliphatic rings. The van der Waals surface area contributed by atoms with E-state index in [0.717, 1.165) is 17.8 Å². The van der Waals surface area contributed by atoms with E-state index < -0.39 is 17.5 Å². The number of piperidine rings is 1. The summed E-state index contributed by atoms with van der Waals surface area (Å²) in [6.07, 6.45) is -1.54. The molecular formula is C16H23F3N4OS. The first-order chi connectivity index (χ1) is 11.7. The van der Waals surface area contributed by atoms with Crippen molar-refractivity contribution in [3.8, 4) is 0 Å². The molecular weight excluding hydrogens is 353 g/mol. The predicted octanol–water partition coefficient (Wildman–Crippen LogP) is 4.32. The summed E-state index contributed by atoms with van der Waals surface area (Å²) >= 11 is 1.32. The Kier molecular flexibility index (Phi) is 4.96. The van der Waals surface area contributed by atoms with Crippen LogP contribution in [0.2, 0.25) is 0 Å². The number of nitrogens with zero attached hydrogens (tertiary/aromatic N) is 3. The fourth-order valence-corrected chi connectivity index (χ4v) is 4.83. The number of hydrogen-bond donors (Lipinski definition) is 1. The van der Waals surface area contributed by atoms with Crippen molar-refractivity contribution >= 4 is 22.5 Å². The van der Waals surface area contributed by atoms with Gasteiger partial charge in [0.15, 0.2) is 0 Å². The molecule has 0 bridgehead atoms. The number of halogens is 3. The fourth-order valence-electron chi connectivity index (χ4n) is 3.89. The van der Waals surface area contributed by atoms with Crippen LogP contribution in [0.15, 0.2) is 0 Å². The maximum atomic E-state index is 13.3. The molecule has 5 nitrogen and oxygen atoms in total. The number of rotatable bonds is 3. The molecule has 25 heavy (non-hydrogen) atoms. The Morgan fingerprint density at radius 1 is 1.40 bits per heavy atom. The van der Waals surface area contributed by atoms with Crippen LogP contribution in [0, 0.1) is 17.3 Å². The van der Waals surface area contributed by atoms with E-state index in [0.29, 0.717) is 23.9 Å². The van der Waals surface area contributed by atoms with Crippen molar-refractivity contribution in [3.05, 3.63) is 5.01 Å². The highest BCUT2D eigenvalue weighted by Crippen LogP contribution is 2.56. The molecule has 9 heteroatoms. The highest BCUT2D eigenvalue weighted by Gasteiger charge is 2.58. The van der Waals surface area contributed by atoms with E-state index >= 15 is 0 Å². The first kappa shape index (κ1) is 18.4. The monoisotopic (exact) mass is 376 g/mol. The number of anilines is 1. The first-order valence-electron chi connectivity index (χ1n) is 8.65. The number of alkyl halides is 3. The molecule has 1 spiro atoms. The molecule has 140 valence electrons. The summed E-state index contributed by atoms with van der Waals surface area (Å²) < 4.78 is 39.9. The highest BCUT2D eigenvalue weighted by atomic mass is 32.1. The summed E-state index contributed by atoms with van der Waals surface area (Å²) in [4.78, 5) is 14.0. The number of hydrogen-bond acceptors (Lipinski definition) is 4. The van der Waals surface area contributed by atoms with Crippen LogP contribution in [0.5, 0.6) is 0 Å². The van der Waals surface area contributed by atoms with Crippen LogP contribution in [-0.4, -0.2) is 40.4 Å². The zero-order valence-electron chi connectivity index (χ0n) is 14.4. The third-order valence-electron chi connectivity index (χ3n) is 5.23. The maximum Gasteiger partial charge on any atom is 0.392 e. The largest absolute Gasteiger partial charge is 0.392 e. The lowest BCUT2D eigenvalue weighted by Crippen LogP contribution is -2.58. The van der Waals surface area contributed by atoms with Gasteiger partial charge in [-0.2, -0.15) is 13.2 Å². The van der Waals surface area contributed by atoms with Gasteiger partial charge in [-0.1, -0.05) is 31.6 Å². The van der Waals surface area contributed by atoms with E-state index in [1.807, 2.05) is 0 Å². The van der Waals surface area contributed by atoms with Gasteiger partial charge in [-0.25, -0.2) is 4.79 Å². The molecule has 1 aliphatic heterocycles. The third kappa shape index (κ3) is 3.91. The number of carbonyl (C=O) groups is 1. The molecule has 2 amide bonds. The second kappa shape index (κ2) is 6.74. The second-order valence-electron chi connectivity index (χ2n) is 7.55. The zero-order chi connectivity index (χ0) is 18.2. The minimum absolute atomic E-state index is 0.0222. The summed E-state index contributed by atoms with van der Waals surface area (Å²) in [5.41, 5.74) is -0.794. The summed E-state index contributed by atoms with van der Waals surface area (Å²) in [6.45, 7) is 4.43. The number of carbonyl (C=O) groups excluding carboxylic acids is 1. The van der Waals surface area contributed by atoms with Gasteiger partial charge >= 0.3 is 12.2 Å². The average molecular weight is 376 g/mol. The van der Waals surface area contributed by atoms with Crippen LogP contribution in [0.1, 0.15) is 44.5 Å². The van der Waals surface area contributed by atoms with E-state index in [4.69, 9.17) is 0 Å². The minimum atomic E-state index is -4.19. The summed E-state index contributed by atoms with van der Waals surface area (Å²) in [7, 11) is 0. The lowest BCUT2D eigenvalue weighted by Gasteiger charge is -2.53. The highest BCUT2D eigenvalue weighted by molar-refractivity contribution is 7.15. The molecule has 3 rings (SSSR count). The van der Waals surface area contributed by atoms with Crippen LogP contribution in [0.3, 0.4) is 0 Å². The molecule has 0 radical (unpaired) electrons. The van der Waals surface area contributed by atoms with Gasteiger partial charge in [0.2, 0.25) is 5.13 Å². The average Bonchev–Trinajstić information content (AvgIpc) is 2.90. The van der Waals surface area contributed by atoms with E-state index in [2.05, 4.69) is 29.4 Å². The van der Waals surface area contributed by atoms with Gasteiger partial charge in [-0.3, -0.25) is 5.32 Å². The van der Waals surface area contributed by atoms with Crippen molar-refractivity contribution in [1.82, 2.24) is 15.1 Å². The molecule has 1 N–H and O–H groups in total. The molecule has 1 aromatic heterocycles. The number of urea groups is 1. The van der Waals surface area contributed by atoms with Crippen molar-refractivity contribution in [2.24, 2.45) is 17.3 Å². The van der Waals surface area contributed by atoms with Crippen molar-refractivity contribution in [2.75, 3.05) is 18.4 Å². The van der Waals surface area contributed by atoms with Crippen LogP contribution in [0.4, 0.5) is 23.1 Å². The fraction of sp³-hybridized carbons (Fsp3) is 0.812. The predicted molar refractivity (Wildman–Crippen MR) is 89.5 cm³/mol. The van der Waals surface area contributed by atoms with Crippen molar-refractivity contribution < 1.29 is 18.0 Å². The molecule has 0 aromatic carbocycles. The molecule has 1 aromatic rings. The Morgan fingerprint density at radius 3 is 2.68 bits per heavy atom. The Balaban J connectivity index is 1.63. The van der Waals surface area contributed by atoms with Gasteiger partial charge in [0, 0.05) is 19.5 Å². The van der Waals surface area contributed by atoms with Gasteiger partial charge in [-0.15, -0.1) is 10.2 Å². The topological polar surface area (TPSA) is 58.1 Å². The van der Waals surface area contributed by atoms with Crippen LogP contribution >= 0.6 is 11.3 Å². The summed E-state index contributed by atoms with van der Waals surface area (Å²) in [6, 6.07) is -0.376. The number of amides is 2. The molecule has 1 aliphatic carbocycles. The Hall–Kier alpha value is -1.38. The van der Waals surface area contributed by atoms with Crippen molar-refractivity contribution in [1.29, 1.82) is 0 Å². The molecule has 0 unspecified atom stereocenters. The Morgan fingerprint density at radius 2 is 2.12 bits per heavy atom. The lowest BCUT2D eigenvalue weighted by molar-refractivity contribution is -0.234. The second-order valence-corrected chi connectivity index (χ2v) is 8.61. The number of aromatic nitrogens is 2. The van der Waals surface area contributed by atoms with Crippen LogP contribution < -0.4 is 5.32 Å².